The zero-order valence-electron chi connectivity index (χ0n) is 22.5. The number of aliphatic hydroxyl groups excluding tert-OH is 2. The lowest BCUT2D eigenvalue weighted by atomic mass is 9.58. The number of aromatic nitrogens is 2. The Morgan fingerprint density at radius 3 is 2.55 bits per heavy atom. The van der Waals surface area contributed by atoms with E-state index in [-0.39, 0.29) is 46.8 Å². The molecule has 0 spiro atoms. The van der Waals surface area contributed by atoms with E-state index in [1.54, 1.807) is 10.8 Å². The summed E-state index contributed by atoms with van der Waals surface area (Å²) in [7, 11) is 3.08. The number of rotatable bonds is 5. The lowest BCUT2D eigenvalue weighted by molar-refractivity contribution is -0.148. The normalized spacial score (nSPS) is 26.4. The Bertz CT molecular complexity index is 1540. The van der Waals surface area contributed by atoms with Crippen LogP contribution in [0.2, 0.25) is 0 Å². The number of halogens is 1. The number of imidazole rings is 1. The van der Waals surface area contributed by atoms with Crippen molar-refractivity contribution >= 4 is 17.5 Å². The quantitative estimate of drug-likeness (QED) is 0.344. The number of allylic oxidation sites excluding steroid dienone is 1. The van der Waals surface area contributed by atoms with Gasteiger partial charge in [0.2, 0.25) is 5.78 Å². The van der Waals surface area contributed by atoms with Crippen molar-refractivity contribution in [2.75, 3.05) is 14.1 Å². The molecule has 0 saturated carbocycles. The van der Waals surface area contributed by atoms with E-state index in [9.17, 15) is 34.8 Å². The van der Waals surface area contributed by atoms with Gasteiger partial charge in [0.05, 0.1) is 17.2 Å². The first kappa shape index (κ1) is 27.5. The molecule has 212 valence electrons. The number of hydrogen-bond donors (Lipinski definition) is 5. The van der Waals surface area contributed by atoms with Crippen LogP contribution in [0, 0.1) is 23.6 Å². The molecule has 0 fully saturated rings. The highest BCUT2D eigenvalue weighted by atomic mass is 19.1. The number of primary amides is 1. The number of amides is 1. The van der Waals surface area contributed by atoms with Gasteiger partial charge in [0.25, 0.3) is 5.91 Å². The molecule has 6 N–H and O–H groups in total. The predicted molar refractivity (Wildman–Crippen MR) is 140 cm³/mol. The number of nitrogens with two attached hydrogens (primary N) is 1. The summed E-state index contributed by atoms with van der Waals surface area (Å²) >= 11 is 0. The molecule has 3 aliphatic carbocycles. The average Bonchev–Trinajstić information content (AvgIpc) is 3.30. The van der Waals surface area contributed by atoms with E-state index in [1.165, 1.54) is 25.2 Å². The summed E-state index contributed by atoms with van der Waals surface area (Å²) in [6.45, 7) is 4.52. The lowest BCUT2D eigenvalue weighted by Crippen LogP contribution is -2.63. The van der Waals surface area contributed by atoms with Gasteiger partial charge in [-0.25, -0.2) is 9.37 Å². The number of carbonyl (C=O) groups excluding carboxylic acids is 3. The highest BCUT2D eigenvalue weighted by Crippen LogP contribution is 2.52. The first-order valence-electron chi connectivity index (χ1n) is 12.9. The number of likely N-dealkylation sites (N-methyl/N-ethyl adjacent to an activating group) is 1. The van der Waals surface area contributed by atoms with Gasteiger partial charge in [0.1, 0.15) is 34.5 Å². The summed E-state index contributed by atoms with van der Waals surface area (Å²) < 4.78 is 17.9. The van der Waals surface area contributed by atoms with Crippen molar-refractivity contribution in [1.29, 1.82) is 0 Å². The van der Waals surface area contributed by atoms with Crippen LogP contribution < -0.4 is 5.73 Å². The smallest absolute Gasteiger partial charge is 0.255 e. The fourth-order valence-electron chi connectivity index (χ4n) is 6.55. The van der Waals surface area contributed by atoms with Crippen LogP contribution in [0.5, 0.6) is 5.75 Å². The molecule has 1 aromatic carbocycles. The van der Waals surface area contributed by atoms with Crippen LogP contribution >= 0.6 is 0 Å². The number of fused-ring (bicyclic) bond motifs is 3. The summed E-state index contributed by atoms with van der Waals surface area (Å²) in [4.78, 5) is 44.8. The second-order valence-electron chi connectivity index (χ2n) is 11.4. The third-order valence-corrected chi connectivity index (χ3v) is 8.17. The summed E-state index contributed by atoms with van der Waals surface area (Å²) in [5.74, 6) is -8.09. The molecule has 0 unspecified atom stereocenters. The van der Waals surface area contributed by atoms with Gasteiger partial charge >= 0.3 is 0 Å². The van der Waals surface area contributed by atoms with Crippen LogP contribution in [0.15, 0.2) is 41.1 Å². The van der Waals surface area contributed by atoms with Crippen molar-refractivity contribution in [2.45, 2.75) is 44.9 Å². The summed E-state index contributed by atoms with van der Waals surface area (Å²) in [5.41, 5.74) is 0.897. The Labute approximate surface area is 229 Å². The van der Waals surface area contributed by atoms with Crippen molar-refractivity contribution in [3.05, 3.63) is 58.1 Å². The number of carbonyl (C=O) groups is 3. The third-order valence-electron chi connectivity index (χ3n) is 8.17. The minimum Gasteiger partial charge on any atom is -0.510 e. The topological polar surface area (TPSA) is 179 Å². The van der Waals surface area contributed by atoms with Gasteiger partial charge in [-0.2, -0.15) is 0 Å². The minimum atomic E-state index is -2.75. The molecule has 12 heteroatoms. The van der Waals surface area contributed by atoms with E-state index in [2.05, 4.69) is 4.98 Å². The van der Waals surface area contributed by atoms with Crippen LogP contribution in [0.25, 0.3) is 11.4 Å². The van der Waals surface area contributed by atoms with Gasteiger partial charge in [0.15, 0.2) is 11.4 Å². The van der Waals surface area contributed by atoms with Crippen LogP contribution in [0.1, 0.15) is 36.2 Å². The number of ketones is 2. The lowest BCUT2D eigenvalue weighted by Gasteiger charge is -2.50. The molecule has 11 nitrogen and oxygen atoms in total. The average molecular weight is 555 g/mol. The van der Waals surface area contributed by atoms with E-state index in [4.69, 9.17) is 5.73 Å². The number of phenols is 1. The molecule has 3 aliphatic rings. The van der Waals surface area contributed by atoms with Crippen LogP contribution in [0.3, 0.4) is 0 Å². The predicted octanol–water partition coefficient (Wildman–Crippen LogP) is 1.78. The Kier molecular flexibility index (Phi) is 6.38. The fraction of sp³-hybridized carbons (Fsp3) is 0.429. The number of nitrogens with zero attached hydrogens (tertiary/aromatic N) is 3. The molecular formula is C28H31FN4O7. The largest absolute Gasteiger partial charge is 0.510 e. The van der Waals surface area contributed by atoms with Crippen molar-refractivity contribution in [3.63, 3.8) is 0 Å². The Morgan fingerprint density at radius 2 is 1.95 bits per heavy atom. The summed E-state index contributed by atoms with van der Waals surface area (Å²) in [6.07, 6.45) is 2.94. The molecule has 40 heavy (non-hydrogen) atoms. The number of aromatic hydroxyl groups is 1. The van der Waals surface area contributed by atoms with Gasteiger partial charge in [-0.1, -0.05) is 13.8 Å². The van der Waals surface area contributed by atoms with Gasteiger partial charge < -0.3 is 30.7 Å². The Balaban J connectivity index is 1.68. The molecule has 5 rings (SSSR count). The zero-order valence-corrected chi connectivity index (χ0v) is 22.5. The Morgan fingerprint density at radius 1 is 1.27 bits per heavy atom. The number of Topliss-reactive ketones (excluding diaryl/α,β-unsaturated/α-hetero) is 2. The first-order chi connectivity index (χ1) is 18.7. The maximum absolute atomic E-state index is 16.1. The zero-order chi connectivity index (χ0) is 29.4. The van der Waals surface area contributed by atoms with Crippen LogP contribution in [-0.2, 0) is 22.6 Å². The summed E-state index contributed by atoms with van der Waals surface area (Å²) in [6, 6.07) is -0.0259. The Hall–Kier alpha value is -4.03. The van der Waals surface area contributed by atoms with E-state index in [0.717, 1.165) is 6.07 Å². The number of phenolic OH excluding ortho intramolecular Hbond substituents is 1. The fourth-order valence-corrected chi connectivity index (χ4v) is 6.55. The maximum atomic E-state index is 16.1. The molecule has 4 atom stereocenters. The number of hydrogen-bond acceptors (Lipinski definition) is 9. The maximum Gasteiger partial charge on any atom is 0.255 e. The highest BCUT2D eigenvalue weighted by Gasteiger charge is 2.63. The highest BCUT2D eigenvalue weighted by molar-refractivity contribution is 6.24. The standard InChI is InChI=1S/C28H31FN4O7/c1-11(2)10-33-6-5-31-27(33)14-9-16(34)18-13(20(14)29)7-12-8-15-21(32(3)4)23(36)19(26(30)39)25(38)28(15,40)24(37)17(12)22(18)35/h5-6,9,11-12,15,21,34,36-37,40H,7-8,10H2,1-4H3,(H2,30,39)/t12-,15-,21-,28-/m0/s1. The molecule has 2 aromatic rings. The van der Waals surface area contributed by atoms with E-state index < -0.39 is 69.6 Å². The van der Waals surface area contributed by atoms with Gasteiger partial charge in [-0.3, -0.25) is 19.3 Å². The molecule has 1 aromatic heterocycles. The van der Waals surface area contributed by atoms with Crippen molar-refractivity contribution in [2.24, 2.45) is 23.5 Å². The molecule has 1 amide bonds. The van der Waals surface area contributed by atoms with Gasteiger partial charge in [-0.05, 0) is 44.8 Å². The van der Waals surface area contributed by atoms with Crippen molar-refractivity contribution in [1.82, 2.24) is 14.5 Å². The molecule has 1 heterocycles. The minimum absolute atomic E-state index is 0.00403. The molecular weight excluding hydrogens is 523 g/mol. The van der Waals surface area contributed by atoms with E-state index >= 15 is 4.39 Å². The van der Waals surface area contributed by atoms with Gasteiger partial charge in [-0.15, -0.1) is 0 Å². The SMILES string of the molecule is CC(C)Cn1ccnc1-c1cc(O)c2c(c1F)C[C@H]1C[C@H]3[C@H](N(C)C)C(O)=C(C(N)=O)C(=O)[C@@]3(O)C(O)=C1C2=O. The van der Waals surface area contributed by atoms with E-state index in [0.29, 0.717) is 6.54 Å². The number of aliphatic hydroxyl groups is 3. The monoisotopic (exact) mass is 554 g/mol. The summed E-state index contributed by atoms with van der Waals surface area (Å²) in [5, 5.41) is 44.7. The third kappa shape index (κ3) is 3.69. The van der Waals surface area contributed by atoms with Crippen LogP contribution in [0.4, 0.5) is 4.39 Å². The second-order valence-corrected chi connectivity index (χ2v) is 11.4. The van der Waals surface area contributed by atoms with Crippen molar-refractivity contribution < 1.29 is 39.2 Å². The second kappa shape index (κ2) is 9.27. The molecule has 0 aliphatic heterocycles. The molecule has 0 radical (unpaired) electrons. The molecule has 0 bridgehead atoms. The molecule has 0 saturated heterocycles. The van der Waals surface area contributed by atoms with Crippen LogP contribution in [-0.4, -0.2) is 78.1 Å². The van der Waals surface area contributed by atoms with Gasteiger partial charge in [0, 0.05) is 36.0 Å². The number of benzene rings is 1. The first-order valence-corrected chi connectivity index (χ1v) is 12.9. The van der Waals surface area contributed by atoms with Crippen molar-refractivity contribution in [3.8, 4) is 17.1 Å². The van der Waals surface area contributed by atoms with E-state index in [1.807, 2.05) is 13.8 Å².